The molecule has 2 heteroatoms. The molecule has 0 aliphatic carbocycles. The fourth-order valence-corrected chi connectivity index (χ4v) is 0.762. The van der Waals surface area contributed by atoms with Gasteiger partial charge in [0, 0.05) is 12.1 Å². The molecule has 0 fully saturated rings. The summed E-state index contributed by atoms with van der Waals surface area (Å²) in [5.74, 6) is 0. The molecule has 0 aliphatic heterocycles. The highest BCUT2D eigenvalue weighted by molar-refractivity contribution is 4.62. The predicted molar refractivity (Wildman–Crippen MR) is 46.0 cm³/mol. The van der Waals surface area contributed by atoms with Crippen molar-refractivity contribution in [1.29, 1.82) is 0 Å². The van der Waals surface area contributed by atoms with Gasteiger partial charge >= 0.3 is 0 Å². The van der Waals surface area contributed by atoms with Gasteiger partial charge in [-0.25, -0.2) is 0 Å². The fourth-order valence-electron chi connectivity index (χ4n) is 0.762. The van der Waals surface area contributed by atoms with Gasteiger partial charge in [0.25, 0.3) is 0 Å². The normalized spacial score (nSPS) is 17.4. The Morgan fingerprint density at radius 2 is 1.70 bits per heavy atom. The molecule has 0 unspecified atom stereocenters. The average molecular weight is 144 g/mol. The lowest BCUT2D eigenvalue weighted by Crippen LogP contribution is -2.27. The van der Waals surface area contributed by atoms with Crippen molar-refractivity contribution in [3.05, 3.63) is 0 Å². The average Bonchev–Trinajstić information content (AvgIpc) is 1.82. The molecule has 0 aromatic rings. The first-order valence-corrected chi connectivity index (χ1v) is 3.96. The van der Waals surface area contributed by atoms with Crippen LogP contribution in [0.25, 0.3) is 0 Å². The Bertz CT molecular complexity index is 79.3. The second-order valence-corrected chi connectivity index (χ2v) is 3.37. The van der Waals surface area contributed by atoms with Gasteiger partial charge in [-0.3, -0.25) is 0 Å². The van der Waals surface area contributed by atoms with E-state index in [9.17, 15) is 0 Å². The molecule has 0 rings (SSSR count). The topological polar surface area (TPSA) is 29.3 Å². The third kappa shape index (κ3) is 4.77. The monoisotopic (exact) mass is 144 g/mol. The molecule has 10 heavy (non-hydrogen) atoms. The molecule has 0 saturated carbocycles. The number of nitrogens with two attached hydrogens (primary N) is 1. The van der Waals surface area contributed by atoms with E-state index in [1.165, 1.54) is 6.42 Å². The maximum atomic E-state index is 5.62. The van der Waals surface area contributed by atoms with Crippen LogP contribution in [0.5, 0.6) is 0 Å². The summed E-state index contributed by atoms with van der Waals surface area (Å²) < 4.78 is 0. The Labute approximate surface area is 64.4 Å². The van der Waals surface area contributed by atoms with Crippen molar-refractivity contribution in [2.75, 3.05) is 14.1 Å². The van der Waals surface area contributed by atoms with E-state index in [-0.39, 0.29) is 0 Å². The van der Waals surface area contributed by atoms with E-state index < -0.39 is 0 Å². The van der Waals surface area contributed by atoms with Gasteiger partial charge in [-0.05, 0) is 40.8 Å². The van der Waals surface area contributed by atoms with Crippen molar-refractivity contribution in [3.8, 4) is 0 Å². The minimum Gasteiger partial charge on any atom is -0.328 e. The van der Waals surface area contributed by atoms with Crippen LogP contribution in [-0.2, 0) is 0 Å². The Hall–Kier alpha value is -0.0800. The maximum absolute atomic E-state index is 5.62. The van der Waals surface area contributed by atoms with Crippen LogP contribution < -0.4 is 5.73 Å². The van der Waals surface area contributed by atoms with Gasteiger partial charge in [-0.15, -0.1) is 0 Å². The van der Waals surface area contributed by atoms with Gasteiger partial charge in [0.05, 0.1) is 0 Å². The lowest BCUT2D eigenvalue weighted by molar-refractivity contribution is 0.289. The smallest absolute Gasteiger partial charge is 0.00614 e. The predicted octanol–water partition coefficient (Wildman–Crippen LogP) is 1.06. The van der Waals surface area contributed by atoms with E-state index in [2.05, 4.69) is 32.8 Å². The Morgan fingerprint density at radius 1 is 1.20 bits per heavy atom. The number of nitrogens with zero attached hydrogens (tertiary/aromatic N) is 1. The van der Waals surface area contributed by atoms with Gasteiger partial charge in [0.1, 0.15) is 0 Å². The van der Waals surface area contributed by atoms with E-state index in [0.29, 0.717) is 12.1 Å². The van der Waals surface area contributed by atoms with Crippen molar-refractivity contribution in [3.63, 3.8) is 0 Å². The maximum Gasteiger partial charge on any atom is 0.00614 e. The molecule has 62 valence electrons. The Kier molecular flexibility index (Phi) is 4.65. The van der Waals surface area contributed by atoms with Crippen LogP contribution in [0.15, 0.2) is 0 Å². The molecule has 0 bridgehead atoms. The van der Waals surface area contributed by atoms with Crippen LogP contribution in [0.1, 0.15) is 26.7 Å². The largest absolute Gasteiger partial charge is 0.328 e. The van der Waals surface area contributed by atoms with Crippen molar-refractivity contribution in [1.82, 2.24) is 4.90 Å². The van der Waals surface area contributed by atoms with E-state index in [0.717, 1.165) is 6.42 Å². The molecular formula is C8H20N2. The summed E-state index contributed by atoms with van der Waals surface area (Å²) in [4.78, 5) is 2.22. The van der Waals surface area contributed by atoms with E-state index in [4.69, 9.17) is 5.73 Å². The summed E-state index contributed by atoms with van der Waals surface area (Å²) in [6.07, 6.45) is 2.32. The van der Waals surface area contributed by atoms with Gasteiger partial charge in [0.15, 0.2) is 0 Å². The Balaban J connectivity index is 3.30. The summed E-state index contributed by atoms with van der Waals surface area (Å²) in [7, 11) is 4.21. The van der Waals surface area contributed by atoms with E-state index in [1.54, 1.807) is 0 Å². The molecule has 0 aliphatic rings. The standard InChI is InChI=1S/C8H20N2/c1-7(9)5-6-8(2)10(3)4/h7-8H,5-6,9H2,1-4H3/t7-,8+/m0/s1. The van der Waals surface area contributed by atoms with Crippen LogP contribution in [0.3, 0.4) is 0 Å². The molecule has 0 spiro atoms. The summed E-state index contributed by atoms with van der Waals surface area (Å²) in [6, 6.07) is 1.01. The second-order valence-electron chi connectivity index (χ2n) is 3.37. The fraction of sp³-hybridized carbons (Fsp3) is 1.00. The van der Waals surface area contributed by atoms with Crippen LogP contribution >= 0.6 is 0 Å². The Morgan fingerprint density at radius 3 is 2.00 bits per heavy atom. The highest BCUT2D eigenvalue weighted by atomic mass is 15.1. The number of rotatable bonds is 4. The zero-order valence-electron chi connectivity index (χ0n) is 7.59. The summed E-state index contributed by atoms with van der Waals surface area (Å²) in [5, 5.41) is 0. The number of hydrogen-bond acceptors (Lipinski definition) is 2. The molecule has 0 heterocycles. The van der Waals surface area contributed by atoms with Crippen molar-refractivity contribution >= 4 is 0 Å². The molecule has 0 amide bonds. The zero-order chi connectivity index (χ0) is 8.15. The van der Waals surface area contributed by atoms with Crippen molar-refractivity contribution < 1.29 is 0 Å². The van der Waals surface area contributed by atoms with Gasteiger partial charge in [0.2, 0.25) is 0 Å². The first-order chi connectivity index (χ1) is 4.54. The summed E-state index contributed by atoms with van der Waals surface area (Å²) in [5.41, 5.74) is 5.62. The summed E-state index contributed by atoms with van der Waals surface area (Å²) >= 11 is 0. The second kappa shape index (κ2) is 4.69. The number of hydrogen-bond donors (Lipinski definition) is 1. The molecule has 2 atom stereocenters. The van der Waals surface area contributed by atoms with Crippen LogP contribution in [0.4, 0.5) is 0 Å². The third-order valence-corrected chi connectivity index (χ3v) is 1.92. The molecule has 2 nitrogen and oxygen atoms in total. The molecule has 2 N–H and O–H groups in total. The van der Waals surface area contributed by atoms with Crippen molar-refractivity contribution in [2.24, 2.45) is 5.73 Å². The third-order valence-electron chi connectivity index (χ3n) is 1.92. The van der Waals surface area contributed by atoms with Gasteiger partial charge in [-0.1, -0.05) is 0 Å². The molecule has 0 aromatic carbocycles. The minimum absolute atomic E-state index is 0.349. The first-order valence-electron chi connectivity index (χ1n) is 3.96. The molecule has 0 aromatic heterocycles. The first kappa shape index (κ1) is 9.92. The zero-order valence-corrected chi connectivity index (χ0v) is 7.59. The lowest BCUT2D eigenvalue weighted by atomic mass is 10.1. The summed E-state index contributed by atoms with van der Waals surface area (Å²) in [6.45, 7) is 4.28. The van der Waals surface area contributed by atoms with Gasteiger partial charge < -0.3 is 10.6 Å². The van der Waals surface area contributed by atoms with E-state index >= 15 is 0 Å². The SMILES string of the molecule is C[C@H](N)CC[C@@H](C)N(C)C. The molecular weight excluding hydrogens is 124 g/mol. The van der Waals surface area contributed by atoms with Crippen LogP contribution in [-0.4, -0.2) is 31.1 Å². The van der Waals surface area contributed by atoms with Crippen LogP contribution in [0.2, 0.25) is 0 Å². The molecule has 0 saturated heterocycles. The minimum atomic E-state index is 0.349. The highest BCUT2D eigenvalue weighted by Gasteiger charge is 2.04. The van der Waals surface area contributed by atoms with Crippen molar-refractivity contribution in [2.45, 2.75) is 38.8 Å². The van der Waals surface area contributed by atoms with E-state index in [1.807, 2.05) is 0 Å². The molecule has 0 radical (unpaired) electrons. The lowest BCUT2D eigenvalue weighted by Gasteiger charge is -2.20. The highest BCUT2D eigenvalue weighted by Crippen LogP contribution is 2.03. The van der Waals surface area contributed by atoms with Gasteiger partial charge in [-0.2, -0.15) is 0 Å². The quantitative estimate of drug-likeness (QED) is 0.639. The van der Waals surface area contributed by atoms with Crippen LogP contribution in [0, 0.1) is 0 Å².